The van der Waals surface area contributed by atoms with Gasteiger partial charge in [0.25, 0.3) is 0 Å². The van der Waals surface area contributed by atoms with Gasteiger partial charge in [-0.3, -0.25) is 0 Å². The summed E-state index contributed by atoms with van der Waals surface area (Å²) >= 11 is 0. The largest absolute Gasteiger partial charge is 0.485 e. The molecule has 6 nitrogen and oxygen atoms in total. The first-order valence-corrected chi connectivity index (χ1v) is 7.33. The second kappa shape index (κ2) is 5.81. The standard InChI is InChI=1S/C16H20N4O2/c1-10-13(12(3)22-19-10)9-21-15-5-4-8-20-14(6-7-17)11(2)18-16(15)20/h4-5,8H,6-7,9,17H2,1-3H3. The van der Waals surface area contributed by atoms with E-state index in [1.165, 1.54) is 0 Å². The van der Waals surface area contributed by atoms with Crippen molar-refractivity contribution in [3.05, 3.63) is 46.7 Å². The van der Waals surface area contributed by atoms with E-state index in [4.69, 9.17) is 15.0 Å². The summed E-state index contributed by atoms with van der Waals surface area (Å²) in [5, 5.41) is 3.94. The highest BCUT2D eigenvalue weighted by Crippen LogP contribution is 2.24. The minimum atomic E-state index is 0.416. The number of ether oxygens (including phenoxy) is 1. The van der Waals surface area contributed by atoms with Crippen LogP contribution in [0.25, 0.3) is 5.65 Å². The molecule has 0 unspecified atom stereocenters. The second-order valence-corrected chi connectivity index (χ2v) is 5.34. The maximum absolute atomic E-state index is 5.96. The zero-order valence-electron chi connectivity index (χ0n) is 13.1. The van der Waals surface area contributed by atoms with Crippen molar-refractivity contribution in [2.45, 2.75) is 33.8 Å². The zero-order chi connectivity index (χ0) is 15.7. The molecule has 0 aromatic carbocycles. The molecule has 0 bridgehead atoms. The third kappa shape index (κ3) is 2.46. The molecule has 0 spiro atoms. The molecule has 0 radical (unpaired) electrons. The molecule has 0 aliphatic heterocycles. The lowest BCUT2D eigenvalue weighted by atomic mass is 10.2. The molecule has 3 heterocycles. The molecule has 2 N–H and O–H groups in total. The molecule has 0 saturated carbocycles. The van der Waals surface area contributed by atoms with Gasteiger partial charge in [0.05, 0.1) is 17.0 Å². The van der Waals surface area contributed by atoms with Crippen molar-refractivity contribution in [1.29, 1.82) is 0 Å². The summed E-state index contributed by atoms with van der Waals surface area (Å²) < 4.78 is 13.2. The highest BCUT2D eigenvalue weighted by Gasteiger charge is 2.14. The van der Waals surface area contributed by atoms with Gasteiger partial charge in [0.15, 0.2) is 11.4 Å². The Hall–Kier alpha value is -2.34. The SMILES string of the molecule is Cc1noc(C)c1COc1cccn2c(CCN)c(C)nc12. The zero-order valence-corrected chi connectivity index (χ0v) is 13.1. The summed E-state index contributed by atoms with van der Waals surface area (Å²) in [7, 11) is 0. The summed E-state index contributed by atoms with van der Waals surface area (Å²) in [6, 6.07) is 3.88. The van der Waals surface area contributed by atoms with Crippen molar-refractivity contribution >= 4 is 5.65 Å². The quantitative estimate of drug-likeness (QED) is 0.782. The molecule has 0 amide bonds. The molecule has 0 aliphatic carbocycles. The van der Waals surface area contributed by atoms with E-state index in [0.29, 0.717) is 13.2 Å². The van der Waals surface area contributed by atoms with Crippen LogP contribution in [0.1, 0.15) is 28.4 Å². The number of rotatable bonds is 5. The van der Waals surface area contributed by atoms with Crippen LogP contribution in [0.5, 0.6) is 5.75 Å². The molecule has 0 fully saturated rings. The Bertz CT molecular complexity index is 784. The van der Waals surface area contributed by atoms with Crippen LogP contribution >= 0.6 is 0 Å². The molecule has 0 saturated heterocycles. The average Bonchev–Trinajstić information content (AvgIpc) is 2.99. The van der Waals surface area contributed by atoms with E-state index < -0.39 is 0 Å². The summed E-state index contributed by atoms with van der Waals surface area (Å²) in [6.07, 6.45) is 2.78. The molecule has 116 valence electrons. The molecule has 3 rings (SSSR count). The fraction of sp³-hybridized carbons (Fsp3) is 0.375. The van der Waals surface area contributed by atoms with E-state index in [2.05, 4.69) is 10.1 Å². The third-order valence-corrected chi connectivity index (χ3v) is 3.85. The van der Waals surface area contributed by atoms with Crippen LogP contribution in [0.2, 0.25) is 0 Å². The first-order chi connectivity index (χ1) is 10.6. The Morgan fingerprint density at radius 3 is 2.77 bits per heavy atom. The van der Waals surface area contributed by atoms with Gasteiger partial charge in [0, 0.05) is 18.3 Å². The summed E-state index contributed by atoms with van der Waals surface area (Å²) in [6.45, 7) is 6.81. The van der Waals surface area contributed by atoms with Gasteiger partial charge in [-0.25, -0.2) is 4.98 Å². The summed E-state index contributed by atoms with van der Waals surface area (Å²) in [5.41, 5.74) is 10.4. The molecule has 0 aliphatic rings. The summed E-state index contributed by atoms with van der Waals surface area (Å²) in [5.74, 6) is 1.53. The van der Waals surface area contributed by atoms with Gasteiger partial charge in [0.2, 0.25) is 0 Å². The first kappa shape index (κ1) is 14.6. The van der Waals surface area contributed by atoms with Gasteiger partial charge < -0.3 is 19.4 Å². The first-order valence-electron chi connectivity index (χ1n) is 7.33. The normalized spacial score (nSPS) is 11.3. The Kier molecular flexibility index (Phi) is 3.85. The highest BCUT2D eigenvalue weighted by atomic mass is 16.5. The van der Waals surface area contributed by atoms with Crippen molar-refractivity contribution in [2.75, 3.05) is 6.54 Å². The smallest absolute Gasteiger partial charge is 0.180 e. The third-order valence-electron chi connectivity index (χ3n) is 3.85. The topological polar surface area (TPSA) is 78.6 Å². The number of pyridine rings is 1. The Morgan fingerprint density at radius 2 is 2.09 bits per heavy atom. The van der Waals surface area contributed by atoms with Gasteiger partial charge >= 0.3 is 0 Å². The van der Waals surface area contributed by atoms with Gasteiger partial charge in [-0.15, -0.1) is 0 Å². The molecular formula is C16H20N4O2. The van der Waals surface area contributed by atoms with E-state index in [1.54, 1.807) is 0 Å². The molecule has 3 aromatic rings. The number of nitrogens with two attached hydrogens (primary N) is 1. The maximum Gasteiger partial charge on any atom is 0.180 e. The van der Waals surface area contributed by atoms with Crippen molar-refractivity contribution in [1.82, 2.24) is 14.5 Å². The Morgan fingerprint density at radius 1 is 1.27 bits per heavy atom. The minimum Gasteiger partial charge on any atom is -0.485 e. The Labute approximate surface area is 128 Å². The van der Waals surface area contributed by atoms with Gasteiger partial charge in [-0.05, 0) is 39.4 Å². The number of aromatic nitrogens is 3. The van der Waals surface area contributed by atoms with Gasteiger partial charge in [-0.2, -0.15) is 0 Å². The second-order valence-electron chi connectivity index (χ2n) is 5.34. The fourth-order valence-corrected chi connectivity index (χ4v) is 2.61. The number of nitrogens with zero attached hydrogens (tertiary/aromatic N) is 3. The van der Waals surface area contributed by atoms with E-state index in [9.17, 15) is 0 Å². The number of hydrogen-bond donors (Lipinski definition) is 1. The van der Waals surface area contributed by atoms with Gasteiger partial charge in [-0.1, -0.05) is 5.16 Å². The molecule has 22 heavy (non-hydrogen) atoms. The molecule has 3 aromatic heterocycles. The van der Waals surface area contributed by atoms with Crippen LogP contribution in [0.15, 0.2) is 22.9 Å². The predicted molar refractivity (Wildman–Crippen MR) is 83.0 cm³/mol. The lowest BCUT2D eigenvalue weighted by Crippen LogP contribution is -2.06. The van der Waals surface area contributed by atoms with Crippen LogP contribution < -0.4 is 10.5 Å². The Balaban J connectivity index is 1.93. The lowest BCUT2D eigenvalue weighted by Gasteiger charge is -2.08. The maximum atomic E-state index is 5.96. The summed E-state index contributed by atoms with van der Waals surface area (Å²) in [4.78, 5) is 4.62. The number of imidazole rings is 1. The monoisotopic (exact) mass is 300 g/mol. The number of fused-ring (bicyclic) bond motifs is 1. The van der Waals surface area contributed by atoms with Crippen molar-refractivity contribution in [3.8, 4) is 5.75 Å². The number of hydrogen-bond acceptors (Lipinski definition) is 5. The van der Waals surface area contributed by atoms with Crippen molar-refractivity contribution < 1.29 is 9.26 Å². The van der Waals surface area contributed by atoms with E-state index >= 15 is 0 Å². The molecule has 6 heteroatoms. The van der Waals surface area contributed by atoms with E-state index in [0.717, 1.165) is 46.2 Å². The average molecular weight is 300 g/mol. The molecule has 0 atom stereocenters. The van der Waals surface area contributed by atoms with E-state index in [-0.39, 0.29) is 0 Å². The highest BCUT2D eigenvalue weighted by molar-refractivity contribution is 5.56. The minimum absolute atomic E-state index is 0.416. The van der Waals surface area contributed by atoms with Crippen LogP contribution in [-0.4, -0.2) is 21.1 Å². The van der Waals surface area contributed by atoms with Gasteiger partial charge in [0.1, 0.15) is 12.4 Å². The van der Waals surface area contributed by atoms with Crippen LogP contribution in [0.3, 0.4) is 0 Å². The van der Waals surface area contributed by atoms with Crippen molar-refractivity contribution in [2.24, 2.45) is 5.73 Å². The van der Waals surface area contributed by atoms with Crippen LogP contribution in [0.4, 0.5) is 0 Å². The number of aryl methyl sites for hydroxylation is 3. The van der Waals surface area contributed by atoms with Crippen LogP contribution in [-0.2, 0) is 13.0 Å². The van der Waals surface area contributed by atoms with E-state index in [1.807, 2.05) is 43.5 Å². The van der Waals surface area contributed by atoms with Crippen molar-refractivity contribution in [3.63, 3.8) is 0 Å². The predicted octanol–water partition coefficient (Wildman–Crippen LogP) is 2.33. The lowest BCUT2D eigenvalue weighted by molar-refractivity contribution is 0.303. The molecular weight excluding hydrogens is 280 g/mol. The fourth-order valence-electron chi connectivity index (χ4n) is 2.61. The van der Waals surface area contributed by atoms with Crippen LogP contribution in [0, 0.1) is 20.8 Å².